The first-order valence-electron chi connectivity index (χ1n) is 9.47. The lowest BCUT2D eigenvalue weighted by Gasteiger charge is -2.27. The maximum atomic E-state index is 12.7. The quantitative estimate of drug-likeness (QED) is 0.867. The number of amides is 2. The van der Waals surface area contributed by atoms with Crippen LogP contribution in [0, 0.1) is 5.41 Å². The molecule has 2 aromatic carbocycles. The third-order valence-electron chi connectivity index (χ3n) is 4.94. The van der Waals surface area contributed by atoms with Crippen LogP contribution in [0.15, 0.2) is 42.5 Å². The highest BCUT2D eigenvalue weighted by Crippen LogP contribution is 2.35. The van der Waals surface area contributed by atoms with Gasteiger partial charge in [-0.05, 0) is 36.2 Å². The van der Waals surface area contributed by atoms with Gasteiger partial charge in [-0.25, -0.2) is 0 Å². The van der Waals surface area contributed by atoms with E-state index in [1.54, 1.807) is 11.0 Å². The lowest BCUT2D eigenvalue weighted by atomic mass is 9.94. The number of carbonyl (C=O) groups is 2. The summed E-state index contributed by atoms with van der Waals surface area (Å²) in [6.45, 7) is 6.56. The maximum Gasteiger partial charge on any atom is 0.269 e. The molecule has 28 heavy (non-hydrogen) atoms. The summed E-state index contributed by atoms with van der Waals surface area (Å²) in [5.74, 6) is 1.00. The minimum atomic E-state index is -0.726. The van der Waals surface area contributed by atoms with Crippen LogP contribution in [-0.2, 0) is 16.0 Å². The van der Waals surface area contributed by atoms with Gasteiger partial charge in [0.25, 0.3) is 5.91 Å². The van der Waals surface area contributed by atoms with Crippen molar-refractivity contribution in [2.24, 2.45) is 5.41 Å². The zero-order valence-electron chi connectivity index (χ0n) is 16.3. The monoisotopic (exact) mass is 380 g/mol. The van der Waals surface area contributed by atoms with E-state index in [4.69, 9.17) is 9.47 Å². The molecule has 6 nitrogen and oxygen atoms in total. The number of nitrogens with zero attached hydrogens (tertiary/aromatic N) is 1. The van der Waals surface area contributed by atoms with E-state index < -0.39 is 11.5 Å². The second-order valence-corrected chi connectivity index (χ2v) is 8.15. The van der Waals surface area contributed by atoms with Gasteiger partial charge in [-0.2, -0.15) is 0 Å². The van der Waals surface area contributed by atoms with E-state index in [0.29, 0.717) is 23.7 Å². The highest BCUT2D eigenvalue weighted by atomic mass is 16.6. The van der Waals surface area contributed by atoms with Gasteiger partial charge in [0.2, 0.25) is 12.0 Å². The summed E-state index contributed by atoms with van der Waals surface area (Å²) in [7, 11) is 0. The Morgan fingerprint density at radius 1 is 1.11 bits per heavy atom. The summed E-state index contributed by atoms with van der Waals surface area (Å²) in [6.07, 6.45) is 0.0947. The molecule has 2 aliphatic heterocycles. The fourth-order valence-corrected chi connectivity index (χ4v) is 3.44. The Bertz CT molecular complexity index is 932. The van der Waals surface area contributed by atoms with Crippen LogP contribution in [0.25, 0.3) is 0 Å². The highest BCUT2D eigenvalue weighted by molar-refractivity contribution is 6.00. The molecule has 0 spiro atoms. The average Bonchev–Trinajstić information content (AvgIpc) is 3.09. The summed E-state index contributed by atoms with van der Waals surface area (Å²) in [5.41, 5.74) is 2.16. The Morgan fingerprint density at radius 2 is 1.86 bits per heavy atom. The SMILES string of the molecule is CC(C)(C)C(=O)N1CCc2ccc(NC(=O)C3COc4ccccc4O3)cc21. The molecule has 2 aliphatic rings. The van der Waals surface area contributed by atoms with E-state index in [1.807, 2.05) is 57.2 Å². The van der Waals surface area contributed by atoms with Crippen LogP contribution in [0.1, 0.15) is 26.3 Å². The minimum absolute atomic E-state index is 0.0790. The first kappa shape index (κ1) is 18.3. The van der Waals surface area contributed by atoms with E-state index in [0.717, 1.165) is 17.7 Å². The Hall–Kier alpha value is -3.02. The lowest BCUT2D eigenvalue weighted by Crippen LogP contribution is -2.40. The molecule has 0 radical (unpaired) electrons. The standard InChI is InChI=1S/C22H24N2O4/c1-22(2,3)21(26)24-11-10-14-8-9-15(12-16(14)24)23-20(25)19-13-27-17-6-4-5-7-18(17)28-19/h4-9,12,19H,10-11,13H2,1-3H3,(H,23,25). The molecule has 0 aliphatic carbocycles. The molecule has 1 N–H and O–H groups in total. The van der Waals surface area contributed by atoms with Crippen molar-refractivity contribution < 1.29 is 19.1 Å². The van der Waals surface area contributed by atoms with Gasteiger partial charge in [0.1, 0.15) is 6.61 Å². The third kappa shape index (κ3) is 3.42. The molecule has 0 aromatic heterocycles. The van der Waals surface area contributed by atoms with Crippen LogP contribution in [0.2, 0.25) is 0 Å². The van der Waals surface area contributed by atoms with E-state index >= 15 is 0 Å². The Balaban J connectivity index is 1.49. The van der Waals surface area contributed by atoms with Crippen LogP contribution in [0.4, 0.5) is 11.4 Å². The van der Waals surface area contributed by atoms with Crippen LogP contribution < -0.4 is 19.7 Å². The van der Waals surface area contributed by atoms with Crippen molar-refractivity contribution in [3.05, 3.63) is 48.0 Å². The predicted molar refractivity (Wildman–Crippen MR) is 107 cm³/mol. The molecule has 146 valence electrons. The number of rotatable bonds is 2. The first-order valence-corrected chi connectivity index (χ1v) is 9.47. The first-order chi connectivity index (χ1) is 13.3. The van der Waals surface area contributed by atoms with Crippen molar-refractivity contribution in [3.63, 3.8) is 0 Å². The molecule has 1 unspecified atom stereocenters. The van der Waals surface area contributed by atoms with Gasteiger partial charge in [0.15, 0.2) is 11.5 Å². The number of para-hydroxylation sites is 2. The topological polar surface area (TPSA) is 67.9 Å². The normalized spacial score (nSPS) is 17.8. The van der Waals surface area contributed by atoms with Crippen molar-refractivity contribution in [3.8, 4) is 11.5 Å². The van der Waals surface area contributed by atoms with Crippen molar-refractivity contribution in [1.29, 1.82) is 0 Å². The number of benzene rings is 2. The largest absolute Gasteiger partial charge is 0.485 e. The summed E-state index contributed by atoms with van der Waals surface area (Å²) >= 11 is 0. The van der Waals surface area contributed by atoms with E-state index in [-0.39, 0.29) is 18.4 Å². The van der Waals surface area contributed by atoms with Gasteiger partial charge >= 0.3 is 0 Å². The molecular formula is C22H24N2O4. The van der Waals surface area contributed by atoms with Gasteiger partial charge in [0, 0.05) is 23.3 Å². The van der Waals surface area contributed by atoms with Gasteiger partial charge < -0.3 is 19.7 Å². The van der Waals surface area contributed by atoms with Crippen molar-refractivity contribution in [2.45, 2.75) is 33.3 Å². The van der Waals surface area contributed by atoms with E-state index in [9.17, 15) is 9.59 Å². The molecule has 4 rings (SSSR count). The predicted octanol–water partition coefficient (Wildman–Crippen LogP) is 3.40. The van der Waals surface area contributed by atoms with Crippen molar-refractivity contribution in [2.75, 3.05) is 23.4 Å². The number of nitrogens with one attached hydrogen (secondary N) is 1. The Kier molecular flexibility index (Phi) is 4.49. The zero-order chi connectivity index (χ0) is 19.9. The van der Waals surface area contributed by atoms with Crippen LogP contribution in [0.3, 0.4) is 0 Å². The number of carbonyl (C=O) groups excluding carboxylic acids is 2. The number of hydrogen-bond donors (Lipinski definition) is 1. The van der Waals surface area contributed by atoms with Gasteiger partial charge in [0.05, 0.1) is 0 Å². The second kappa shape index (κ2) is 6.86. The number of anilines is 2. The number of ether oxygens (including phenoxy) is 2. The molecule has 2 heterocycles. The van der Waals surface area contributed by atoms with E-state index in [2.05, 4.69) is 5.32 Å². The summed E-state index contributed by atoms with van der Waals surface area (Å²) in [4.78, 5) is 27.2. The zero-order valence-corrected chi connectivity index (χ0v) is 16.3. The molecule has 0 fully saturated rings. The lowest BCUT2D eigenvalue weighted by molar-refractivity contribution is -0.126. The minimum Gasteiger partial charge on any atom is -0.485 e. The molecule has 0 saturated carbocycles. The Morgan fingerprint density at radius 3 is 2.61 bits per heavy atom. The molecule has 6 heteroatoms. The molecule has 2 amide bonds. The second-order valence-electron chi connectivity index (χ2n) is 8.15. The van der Waals surface area contributed by atoms with Gasteiger partial charge in [-0.1, -0.05) is 39.0 Å². The highest BCUT2D eigenvalue weighted by Gasteiger charge is 2.33. The fourth-order valence-electron chi connectivity index (χ4n) is 3.44. The Labute approximate surface area is 164 Å². The average molecular weight is 380 g/mol. The number of hydrogen-bond acceptors (Lipinski definition) is 4. The molecule has 0 bridgehead atoms. The maximum absolute atomic E-state index is 12.7. The fraction of sp³-hybridized carbons (Fsp3) is 0.364. The summed E-state index contributed by atoms with van der Waals surface area (Å²) in [5, 5.41) is 2.89. The van der Waals surface area contributed by atoms with Crippen molar-refractivity contribution in [1.82, 2.24) is 0 Å². The van der Waals surface area contributed by atoms with Crippen LogP contribution in [0.5, 0.6) is 11.5 Å². The molecule has 0 saturated heterocycles. The van der Waals surface area contributed by atoms with Crippen molar-refractivity contribution >= 4 is 23.2 Å². The molecular weight excluding hydrogens is 356 g/mol. The summed E-state index contributed by atoms with van der Waals surface area (Å²) in [6, 6.07) is 13.0. The van der Waals surface area contributed by atoms with Gasteiger partial charge in [-0.3, -0.25) is 9.59 Å². The smallest absolute Gasteiger partial charge is 0.269 e. The molecule has 2 aromatic rings. The van der Waals surface area contributed by atoms with Crippen LogP contribution in [-0.4, -0.2) is 31.1 Å². The summed E-state index contributed by atoms with van der Waals surface area (Å²) < 4.78 is 11.4. The van der Waals surface area contributed by atoms with Crippen LogP contribution >= 0.6 is 0 Å². The molecule has 1 atom stereocenters. The van der Waals surface area contributed by atoms with Gasteiger partial charge in [-0.15, -0.1) is 0 Å². The van der Waals surface area contributed by atoms with E-state index in [1.165, 1.54) is 0 Å². The third-order valence-corrected chi connectivity index (χ3v) is 4.94. The number of fused-ring (bicyclic) bond motifs is 2.